The van der Waals surface area contributed by atoms with Gasteiger partial charge in [0.1, 0.15) is 7.14 Å². The van der Waals surface area contributed by atoms with Gasteiger partial charge in [-0.2, -0.15) is 0 Å². The summed E-state index contributed by atoms with van der Waals surface area (Å²) in [5.74, 6) is -0.117. The molecule has 3 rings (SSSR count). The van der Waals surface area contributed by atoms with E-state index in [1.54, 1.807) is 13.3 Å². The van der Waals surface area contributed by atoms with Gasteiger partial charge in [-0.15, -0.1) is 0 Å². The molecular weight excluding hydrogens is 319 g/mol. The number of aromatic nitrogens is 1. The van der Waals surface area contributed by atoms with Crippen LogP contribution in [0.4, 0.5) is 5.69 Å². The van der Waals surface area contributed by atoms with Crippen LogP contribution in [0, 0.1) is 13.8 Å². The Hall–Kier alpha value is -2.06. The van der Waals surface area contributed by atoms with Crippen LogP contribution in [0.5, 0.6) is 0 Å². The Labute approximate surface area is 142 Å². The van der Waals surface area contributed by atoms with Crippen molar-refractivity contribution in [2.75, 3.05) is 18.6 Å². The van der Waals surface area contributed by atoms with Crippen LogP contribution in [0.1, 0.15) is 35.0 Å². The Morgan fingerprint density at radius 3 is 2.50 bits per heavy atom. The van der Waals surface area contributed by atoms with E-state index in [-0.39, 0.29) is 5.91 Å². The second kappa shape index (κ2) is 5.78. The van der Waals surface area contributed by atoms with Gasteiger partial charge in [0.25, 0.3) is 5.91 Å². The average molecular weight is 342 g/mol. The second-order valence-electron chi connectivity index (χ2n) is 6.71. The molecule has 0 atom stereocenters. The molecule has 1 aromatic heterocycles. The molecule has 1 aliphatic heterocycles. The van der Waals surface area contributed by atoms with Gasteiger partial charge in [-0.25, -0.2) is 0 Å². The highest BCUT2D eigenvalue weighted by atomic mass is 31.2. The maximum atomic E-state index is 12.4. The lowest BCUT2D eigenvalue weighted by Gasteiger charge is -2.08. The monoisotopic (exact) mass is 342 g/mol. The van der Waals surface area contributed by atoms with E-state index in [4.69, 9.17) is 0 Å². The molecule has 0 radical (unpaired) electrons. The van der Waals surface area contributed by atoms with Crippen molar-refractivity contribution in [1.29, 1.82) is 0 Å². The van der Waals surface area contributed by atoms with Gasteiger partial charge in [0.2, 0.25) is 0 Å². The lowest BCUT2D eigenvalue weighted by molar-refractivity contribution is -0.110. The van der Waals surface area contributed by atoms with Crippen molar-refractivity contribution in [1.82, 2.24) is 4.98 Å². The second-order valence-corrected chi connectivity index (χ2v) is 9.93. The fourth-order valence-electron chi connectivity index (χ4n) is 3.29. The minimum Gasteiger partial charge on any atom is -0.359 e. The predicted octanol–water partition coefficient (Wildman–Crippen LogP) is 3.93. The van der Waals surface area contributed by atoms with E-state index in [9.17, 15) is 9.36 Å². The maximum Gasteiger partial charge on any atom is 0.256 e. The number of aromatic amines is 1. The maximum absolute atomic E-state index is 12.4. The highest BCUT2D eigenvalue weighted by Gasteiger charge is 2.26. The van der Waals surface area contributed by atoms with Crippen LogP contribution in [-0.4, -0.2) is 24.2 Å². The molecule has 0 saturated carbocycles. The Kier molecular flexibility index (Phi) is 4.05. The van der Waals surface area contributed by atoms with E-state index in [1.165, 1.54) is 11.1 Å². The zero-order valence-corrected chi connectivity index (χ0v) is 15.7. The molecule has 4 nitrogen and oxygen atoms in total. The molecule has 2 heterocycles. The highest BCUT2D eigenvalue weighted by Crippen LogP contribution is 2.39. The van der Waals surface area contributed by atoms with E-state index >= 15 is 0 Å². The molecule has 126 valence electrons. The first-order valence-corrected chi connectivity index (χ1v) is 10.7. The summed E-state index contributed by atoms with van der Waals surface area (Å²) in [7, 11) is -2.35. The number of carbonyl (C=O) groups is 1. The van der Waals surface area contributed by atoms with E-state index in [1.807, 2.05) is 24.3 Å². The summed E-state index contributed by atoms with van der Waals surface area (Å²) in [6.45, 7) is 9.74. The van der Waals surface area contributed by atoms with Gasteiger partial charge in [-0.05, 0) is 56.9 Å². The molecule has 1 amide bonds. The van der Waals surface area contributed by atoms with Gasteiger partial charge < -0.3 is 14.9 Å². The quantitative estimate of drug-likeness (QED) is 0.656. The zero-order valence-electron chi connectivity index (χ0n) is 14.8. The van der Waals surface area contributed by atoms with Crippen LogP contribution in [0.3, 0.4) is 0 Å². The van der Waals surface area contributed by atoms with Crippen LogP contribution >= 0.6 is 7.14 Å². The molecule has 0 fully saturated rings. The first kappa shape index (κ1) is 16.8. The summed E-state index contributed by atoms with van der Waals surface area (Å²) in [5, 5.41) is 3.67. The van der Waals surface area contributed by atoms with Crippen LogP contribution < -0.4 is 10.6 Å². The van der Waals surface area contributed by atoms with Crippen molar-refractivity contribution in [3.8, 4) is 0 Å². The number of hydrogen-bond acceptors (Lipinski definition) is 2. The number of amides is 1. The highest BCUT2D eigenvalue weighted by molar-refractivity contribution is 7.70. The minimum atomic E-state index is -2.35. The van der Waals surface area contributed by atoms with Crippen molar-refractivity contribution in [2.45, 2.75) is 27.2 Å². The number of anilines is 1. The van der Waals surface area contributed by atoms with Crippen molar-refractivity contribution in [3.05, 3.63) is 46.3 Å². The molecule has 0 unspecified atom stereocenters. The topological polar surface area (TPSA) is 62.0 Å². The summed E-state index contributed by atoms with van der Waals surface area (Å²) < 4.78 is 12.3. The molecule has 2 aromatic rings. The third-order valence-electron chi connectivity index (χ3n) is 4.68. The van der Waals surface area contributed by atoms with Crippen LogP contribution in [0.2, 0.25) is 0 Å². The van der Waals surface area contributed by atoms with Crippen molar-refractivity contribution >= 4 is 35.7 Å². The van der Waals surface area contributed by atoms with Gasteiger partial charge >= 0.3 is 0 Å². The molecule has 24 heavy (non-hydrogen) atoms. The standard InChI is InChI=1S/C19H23N2O2P/c1-6-14-11(2)17(20-12(14)3)10-16-15-8-7-13(24(4,5)23)9-18(15)21-19(16)22/h7-10,20H,6H2,1-5H3,(H,21,22). The fraction of sp³-hybridized carbons (Fsp3) is 0.316. The van der Waals surface area contributed by atoms with E-state index in [0.29, 0.717) is 5.57 Å². The molecule has 2 N–H and O–H groups in total. The Morgan fingerprint density at radius 2 is 1.92 bits per heavy atom. The molecule has 1 aromatic carbocycles. The summed E-state index contributed by atoms with van der Waals surface area (Å²) >= 11 is 0. The Bertz CT molecular complexity index is 916. The molecule has 0 aliphatic carbocycles. The molecule has 0 spiro atoms. The van der Waals surface area contributed by atoms with Gasteiger partial charge in [0.05, 0.1) is 5.57 Å². The molecule has 0 saturated heterocycles. The number of carbonyl (C=O) groups excluding carboxylic acids is 1. The Balaban J connectivity index is 2.09. The van der Waals surface area contributed by atoms with Crippen LogP contribution in [0.25, 0.3) is 11.6 Å². The summed E-state index contributed by atoms with van der Waals surface area (Å²) in [4.78, 5) is 15.8. The van der Waals surface area contributed by atoms with Crippen molar-refractivity contribution in [3.63, 3.8) is 0 Å². The molecular formula is C19H23N2O2P. The normalized spacial score (nSPS) is 15.7. The SMILES string of the molecule is CCc1c(C)[nH]c(C=C2C(=O)Nc3cc(P(C)(C)=O)ccc32)c1C. The van der Waals surface area contributed by atoms with Gasteiger partial charge in [-0.3, -0.25) is 4.79 Å². The summed E-state index contributed by atoms with van der Waals surface area (Å²) in [6, 6.07) is 5.58. The number of fused-ring (bicyclic) bond motifs is 1. The number of benzene rings is 1. The summed E-state index contributed by atoms with van der Waals surface area (Å²) in [5.41, 5.74) is 6.86. The fourth-order valence-corrected chi connectivity index (χ4v) is 4.17. The lowest BCUT2D eigenvalue weighted by atomic mass is 10.0. The average Bonchev–Trinajstić information content (AvgIpc) is 2.95. The van der Waals surface area contributed by atoms with Gasteiger partial charge in [-0.1, -0.05) is 19.1 Å². The van der Waals surface area contributed by atoms with Crippen molar-refractivity contribution in [2.24, 2.45) is 0 Å². The predicted molar refractivity (Wildman–Crippen MR) is 102 cm³/mol. The largest absolute Gasteiger partial charge is 0.359 e. The van der Waals surface area contributed by atoms with Crippen LogP contribution in [-0.2, 0) is 15.8 Å². The number of hydrogen-bond donors (Lipinski definition) is 2. The van der Waals surface area contributed by atoms with E-state index < -0.39 is 7.14 Å². The number of nitrogens with one attached hydrogen (secondary N) is 2. The van der Waals surface area contributed by atoms with Gasteiger partial charge in [0.15, 0.2) is 0 Å². The zero-order chi connectivity index (χ0) is 17.6. The Morgan fingerprint density at radius 1 is 1.21 bits per heavy atom. The van der Waals surface area contributed by atoms with E-state index in [0.717, 1.165) is 34.4 Å². The number of aryl methyl sites for hydroxylation is 1. The third kappa shape index (κ3) is 2.76. The smallest absolute Gasteiger partial charge is 0.256 e. The number of rotatable bonds is 3. The first-order chi connectivity index (χ1) is 11.2. The molecule has 1 aliphatic rings. The lowest BCUT2D eigenvalue weighted by Crippen LogP contribution is -2.06. The molecule has 5 heteroatoms. The molecule has 0 bridgehead atoms. The first-order valence-electron chi connectivity index (χ1n) is 8.13. The summed E-state index contributed by atoms with van der Waals surface area (Å²) in [6.07, 6.45) is 2.88. The van der Waals surface area contributed by atoms with Crippen LogP contribution in [0.15, 0.2) is 18.2 Å². The third-order valence-corrected chi connectivity index (χ3v) is 6.20. The van der Waals surface area contributed by atoms with Gasteiger partial charge in [0, 0.05) is 27.9 Å². The minimum absolute atomic E-state index is 0.117. The number of H-pyrrole nitrogens is 1. The van der Waals surface area contributed by atoms with Crippen molar-refractivity contribution < 1.29 is 9.36 Å². The van der Waals surface area contributed by atoms with E-state index in [2.05, 4.69) is 31.1 Å².